The third kappa shape index (κ3) is 3.59. The molecule has 22 heavy (non-hydrogen) atoms. The van der Waals surface area contributed by atoms with E-state index in [4.69, 9.17) is 23.2 Å². The van der Waals surface area contributed by atoms with Gasteiger partial charge in [-0.1, -0.05) is 35.3 Å². The largest absolute Gasteiger partial charge is 0.321 e. The number of hydrogen-bond acceptors (Lipinski definition) is 3. The first-order valence-electron chi connectivity index (χ1n) is 6.14. The molecule has 2 rings (SSSR count). The minimum absolute atomic E-state index is 0.0397. The Hall–Kier alpha value is -1.60. The first-order chi connectivity index (χ1) is 10.3. The molecule has 0 radical (unpaired) electrons. The van der Waals surface area contributed by atoms with Crippen molar-refractivity contribution in [2.45, 2.75) is 4.90 Å². The second-order valence-corrected chi connectivity index (χ2v) is 6.98. The second-order valence-electron chi connectivity index (χ2n) is 4.28. The maximum absolute atomic E-state index is 12.3. The van der Waals surface area contributed by atoms with Crippen molar-refractivity contribution in [1.82, 2.24) is 4.72 Å². The van der Waals surface area contributed by atoms with Gasteiger partial charge < -0.3 is 5.32 Å². The lowest BCUT2D eigenvalue weighted by Gasteiger charge is -2.10. The Morgan fingerprint density at radius 3 is 2.36 bits per heavy atom. The van der Waals surface area contributed by atoms with E-state index in [0.29, 0.717) is 10.7 Å². The Kier molecular flexibility index (Phi) is 5.08. The van der Waals surface area contributed by atoms with Crippen molar-refractivity contribution in [3.05, 3.63) is 58.1 Å². The highest BCUT2D eigenvalue weighted by Gasteiger charge is 2.18. The highest BCUT2D eigenvalue weighted by Crippen LogP contribution is 2.24. The Balaban J connectivity index is 2.38. The third-order valence-corrected chi connectivity index (χ3v) is 4.95. The fourth-order valence-corrected chi connectivity index (χ4v) is 2.86. The molecule has 0 spiro atoms. The van der Waals surface area contributed by atoms with Crippen molar-refractivity contribution in [2.75, 3.05) is 12.4 Å². The van der Waals surface area contributed by atoms with Crippen molar-refractivity contribution in [3.63, 3.8) is 0 Å². The van der Waals surface area contributed by atoms with Gasteiger partial charge in [-0.2, -0.15) is 0 Å². The summed E-state index contributed by atoms with van der Waals surface area (Å²) in [6.45, 7) is 0. The molecule has 2 aromatic carbocycles. The van der Waals surface area contributed by atoms with Gasteiger partial charge in [-0.25, -0.2) is 13.1 Å². The van der Waals surface area contributed by atoms with E-state index in [1.807, 2.05) is 0 Å². The molecule has 0 atom stereocenters. The van der Waals surface area contributed by atoms with E-state index < -0.39 is 15.9 Å². The Labute approximate surface area is 138 Å². The van der Waals surface area contributed by atoms with Gasteiger partial charge >= 0.3 is 0 Å². The summed E-state index contributed by atoms with van der Waals surface area (Å²) in [6, 6.07) is 10.6. The van der Waals surface area contributed by atoms with E-state index in [0.717, 1.165) is 0 Å². The zero-order valence-electron chi connectivity index (χ0n) is 11.4. The maximum atomic E-state index is 12.3. The number of carbonyl (C=O) groups excluding carboxylic acids is 1. The average molecular weight is 359 g/mol. The number of benzene rings is 2. The van der Waals surface area contributed by atoms with E-state index in [1.165, 1.54) is 25.2 Å². The summed E-state index contributed by atoms with van der Waals surface area (Å²) >= 11 is 11.9. The van der Waals surface area contributed by atoms with Crippen LogP contribution in [0.4, 0.5) is 5.69 Å². The number of carbonyl (C=O) groups is 1. The van der Waals surface area contributed by atoms with Gasteiger partial charge in [-0.05, 0) is 37.4 Å². The summed E-state index contributed by atoms with van der Waals surface area (Å²) in [5, 5.41) is 3.10. The van der Waals surface area contributed by atoms with E-state index in [1.54, 1.807) is 24.3 Å². The van der Waals surface area contributed by atoms with Crippen LogP contribution in [-0.2, 0) is 10.0 Å². The SMILES string of the molecule is CNS(=O)(=O)c1ccc(Cl)c(C(=O)Nc2ccccc2Cl)c1. The standard InChI is InChI=1S/C14H12Cl2N2O3S/c1-17-22(20,21)9-6-7-11(15)10(8-9)14(19)18-13-5-3-2-4-12(13)16/h2-8,17H,1H3,(H,18,19). The van der Waals surface area contributed by atoms with Gasteiger partial charge in [0.2, 0.25) is 10.0 Å². The number of rotatable bonds is 4. The highest BCUT2D eigenvalue weighted by molar-refractivity contribution is 7.89. The van der Waals surface area contributed by atoms with Gasteiger partial charge in [-0.3, -0.25) is 4.79 Å². The topological polar surface area (TPSA) is 75.3 Å². The molecule has 0 fully saturated rings. The number of anilines is 1. The summed E-state index contributed by atoms with van der Waals surface area (Å²) in [5.41, 5.74) is 0.449. The van der Waals surface area contributed by atoms with Gasteiger partial charge in [0.05, 0.1) is 26.2 Å². The Bertz CT molecular complexity index is 823. The minimum Gasteiger partial charge on any atom is -0.321 e. The molecule has 0 unspecified atom stereocenters. The number of halogens is 2. The fraction of sp³-hybridized carbons (Fsp3) is 0.0714. The van der Waals surface area contributed by atoms with Crippen LogP contribution < -0.4 is 10.0 Å². The number of nitrogens with one attached hydrogen (secondary N) is 2. The van der Waals surface area contributed by atoms with Crippen molar-refractivity contribution in [1.29, 1.82) is 0 Å². The summed E-state index contributed by atoms with van der Waals surface area (Å²) in [4.78, 5) is 12.2. The maximum Gasteiger partial charge on any atom is 0.257 e. The normalized spacial score (nSPS) is 11.2. The Morgan fingerprint density at radius 1 is 1.05 bits per heavy atom. The molecule has 2 N–H and O–H groups in total. The van der Waals surface area contributed by atoms with Crippen LogP contribution in [-0.4, -0.2) is 21.4 Å². The molecule has 0 saturated heterocycles. The van der Waals surface area contributed by atoms with E-state index in [2.05, 4.69) is 10.0 Å². The first-order valence-corrected chi connectivity index (χ1v) is 8.38. The van der Waals surface area contributed by atoms with Crippen LogP contribution in [0.2, 0.25) is 10.0 Å². The quantitative estimate of drug-likeness (QED) is 0.881. The number of para-hydroxylation sites is 1. The smallest absolute Gasteiger partial charge is 0.257 e. The van der Waals surface area contributed by atoms with Gasteiger partial charge in [0.1, 0.15) is 0 Å². The van der Waals surface area contributed by atoms with Gasteiger partial charge in [-0.15, -0.1) is 0 Å². The third-order valence-electron chi connectivity index (χ3n) is 2.88. The molecule has 5 nitrogen and oxygen atoms in total. The van der Waals surface area contributed by atoms with Gasteiger partial charge in [0.15, 0.2) is 0 Å². The van der Waals surface area contributed by atoms with Crippen molar-refractivity contribution < 1.29 is 13.2 Å². The predicted molar refractivity (Wildman–Crippen MR) is 87.1 cm³/mol. The molecule has 0 aliphatic rings. The van der Waals surface area contributed by atoms with E-state index >= 15 is 0 Å². The summed E-state index contributed by atoms with van der Waals surface area (Å²) in [5.74, 6) is -0.550. The van der Waals surface area contributed by atoms with Crippen LogP contribution in [0.15, 0.2) is 47.4 Å². The monoisotopic (exact) mass is 358 g/mol. The molecule has 0 aromatic heterocycles. The van der Waals surface area contributed by atoms with Crippen molar-refractivity contribution in [3.8, 4) is 0 Å². The molecular formula is C14H12Cl2N2O3S. The molecule has 0 aliphatic heterocycles. The molecule has 0 saturated carbocycles. The van der Waals surface area contributed by atoms with Crippen LogP contribution in [0.1, 0.15) is 10.4 Å². The highest BCUT2D eigenvalue weighted by atomic mass is 35.5. The van der Waals surface area contributed by atoms with Crippen LogP contribution >= 0.6 is 23.2 Å². The number of sulfonamides is 1. The predicted octanol–water partition coefficient (Wildman–Crippen LogP) is 3.15. The average Bonchev–Trinajstić information content (AvgIpc) is 2.49. The first kappa shape index (κ1) is 16.8. The zero-order valence-corrected chi connectivity index (χ0v) is 13.8. The number of amides is 1. The van der Waals surface area contributed by atoms with Crippen LogP contribution in [0.3, 0.4) is 0 Å². The molecule has 0 bridgehead atoms. The van der Waals surface area contributed by atoms with Gasteiger partial charge in [0, 0.05) is 0 Å². The molecule has 116 valence electrons. The lowest BCUT2D eigenvalue weighted by atomic mass is 10.2. The van der Waals surface area contributed by atoms with E-state index in [-0.39, 0.29) is 15.5 Å². The van der Waals surface area contributed by atoms with Crippen LogP contribution in [0.5, 0.6) is 0 Å². The summed E-state index contributed by atoms with van der Waals surface area (Å²) in [6.07, 6.45) is 0. The van der Waals surface area contributed by atoms with Crippen molar-refractivity contribution in [2.24, 2.45) is 0 Å². The molecule has 1 amide bonds. The lowest BCUT2D eigenvalue weighted by Crippen LogP contribution is -2.20. The second kappa shape index (κ2) is 6.66. The summed E-state index contributed by atoms with van der Waals surface area (Å²) < 4.78 is 25.8. The minimum atomic E-state index is -3.67. The van der Waals surface area contributed by atoms with E-state index in [9.17, 15) is 13.2 Å². The molecule has 8 heteroatoms. The summed E-state index contributed by atoms with van der Waals surface area (Å²) in [7, 11) is -2.38. The number of hydrogen-bond donors (Lipinski definition) is 2. The van der Waals surface area contributed by atoms with Crippen molar-refractivity contribution >= 4 is 44.8 Å². The molecule has 2 aromatic rings. The van der Waals surface area contributed by atoms with Crippen LogP contribution in [0, 0.1) is 0 Å². The fourth-order valence-electron chi connectivity index (χ4n) is 1.72. The zero-order chi connectivity index (χ0) is 16.3. The molecule has 0 heterocycles. The Morgan fingerprint density at radius 2 is 1.73 bits per heavy atom. The lowest BCUT2D eigenvalue weighted by molar-refractivity contribution is 0.102. The molecule has 0 aliphatic carbocycles. The molecular weight excluding hydrogens is 347 g/mol. The van der Waals surface area contributed by atoms with Crippen LogP contribution in [0.25, 0.3) is 0 Å². The van der Waals surface area contributed by atoms with Gasteiger partial charge in [0.25, 0.3) is 5.91 Å².